The first-order chi connectivity index (χ1) is 9.71. The number of aryl methyl sites for hydroxylation is 1. The van der Waals surface area contributed by atoms with Crippen LogP contribution >= 0.6 is 11.6 Å². The summed E-state index contributed by atoms with van der Waals surface area (Å²) < 4.78 is 0. The van der Waals surface area contributed by atoms with Crippen LogP contribution in [0.3, 0.4) is 0 Å². The van der Waals surface area contributed by atoms with Crippen molar-refractivity contribution < 1.29 is 0 Å². The van der Waals surface area contributed by atoms with Crippen LogP contribution in [0, 0.1) is 18.3 Å². The summed E-state index contributed by atoms with van der Waals surface area (Å²) in [4.78, 5) is 2.54. The topological polar surface area (TPSA) is 15.3 Å². The molecule has 1 saturated heterocycles. The van der Waals surface area contributed by atoms with Crippen molar-refractivity contribution in [2.75, 3.05) is 18.0 Å². The lowest BCUT2D eigenvalue weighted by Crippen LogP contribution is -2.62. The maximum absolute atomic E-state index is 6.53. The predicted octanol–water partition coefficient (Wildman–Crippen LogP) is 4.50. The van der Waals surface area contributed by atoms with Crippen molar-refractivity contribution in [2.45, 2.75) is 53.6 Å². The maximum Gasteiger partial charge on any atom is 0.0642 e. The summed E-state index contributed by atoms with van der Waals surface area (Å²) in [5.74, 6) is 0.592. The summed E-state index contributed by atoms with van der Waals surface area (Å²) in [6, 6.07) is 7.17. The molecule has 1 fully saturated rings. The minimum atomic E-state index is 0.245. The highest BCUT2D eigenvalue weighted by Crippen LogP contribution is 2.35. The van der Waals surface area contributed by atoms with Crippen molar-refractivity contribution in [3.63, 3.8) is 0 Å². The van der Waals surface area contributed by atoms with Gasteiger partial charge in [-0.25, -0.2) is 0 Å². The van der Waals surface area contributed by atoms with Crippen molar-refractivity contribution in [1.29, 1.82) is 0 Å². The van der Waals surface area contributed by atoms with Gasteiger partial charge in [-0.05, 0) is 29.9 Å². The number of rotatable bonds is 2. The summed E-state index contributed by atoms with van der Waals surface area (Å²) in [6.45, 7) is 15.7. The third kappa shape index (κ3) is 3.54. The van der Waals surface area contributed by atoms with Crippen LogP contribution in [0.1, 0.15) is 40.2 Å². The first kappa shape index (κ1) is 16.6. The van der Waals surface area contributed by atoms with Crippen LogP contribution < -0.4 is 10.2 Å². The second-order valence-corrected chi connectivity index (χ2v) is 8.10. The SMILES string of the molecule is Cc1cccc(Cl)c1N1CC(C(C)(C)C)NCC1C(C)C. The van der Waals surface area contributed by atoms with E-state index in [-0.39, 0.29) is 5.41 Å². The molecule has 2 unspecified atom stereocenters. The number of halogens is 1. The van der Waals surface area contributed by atoms with Gasteiger partial charge in [-0.15, -0.1) is 0 Å². The van der Waals surface area contributed by atoms with E-state index in [0.29, 0.717) is 18.0 Å². The molecule has 21 heavy (non-hydrogen) atoms. The monoisotopic (exact) mass is 308 g/mol. The largest absolute Gasteiger partial charge is 0.364 e. The molecular formula is C18H29ClN2. The molecule has 2 nitrogen and oxygen atoms in total. The van der Waals surface area contributed by atoms with Gasteiger partial charge in [0, 0.05) is 25.2 Å². The molecule has 2 rings (SSSR count). The van der Waals surface area contributed by atoms with E-state index in [1.165, 1.54) is 11.3 Å². The van der Waals surface area contributed by atoms with E-state index in [1.54, 1.807) is 0 Å². The molecule has 1 aromatic carbocycles. The van der Waals surface area contributed by atoms with Crippen molar-refractivity contribution in [2.24, 2.45) is 11.3 Å². The Hall–Kier alpha value is -0.730. The van der Waals surface area contributed by atoms with E-state index < -0.39 is 0 Å². The molecule has 1 N–H and O–H groups in total. The van der Waals surface area contributed by atoms with Gasteiger partial charge in [0.05, 0.1) is 10.7 Å². The second kappa shape index (κ2) is 6.18. The average molecular weight is 309 g/mol. The normalized spacial score (nSPS) is 23.7. The van der Waals surface area contributed by atoms with E-state index >= 15 is 0 Å². The van der Waals surface area contributed by atoms with Crippen LogP contribution in [-0.2, 0) is 0 Å². The summed E-state index contributed by atoms with van der Waals surface area (Å²) in [5.41, 5.74) is 2.73. The Labute approximate surface area is 134 Å². The number of para-hydroxylation sites is 1. The third-order valence-electron chi connectivity index (χ3n) is 4.64. The minimum Gasteiger partial charge on any atom is -0.364 e. The van der Waals surface area contributed by atoms with Gasteiger partial charge in [0.15, 0.2) is 0 Å². The lowest BCUT2D eigenvalue weighted by Gasteiger charge is -2.48. The van der Waals surface area contributed by atoms with Crippen molar-refractivity contribution in [3.05, 3.63) is 28.8 Å². The van der Waals surface area contributed by atoms with E-state index in [4.69, 9.17) is 11.6 Å². The molecule has 0 aliphatic carbocycles. The Morgan fingerprint density at radius 1 is 1.29 bits per heavy atom. The van der Waals surface area contributed by atoms with E-state index in [0.717, 1.165) is 18.1 Å². The Kier molecular flexibility index (Phi) is 4.89. The first-order valence-electron chi connectivity index (χ1n) is 7.97. The highest BCUT2D eigenvalue weighted by atomic mass is 35.5. The fourth-order valence-electron chi connectivity index (χ4n) is 3.19. The van der Waals surface area contributed by atoms with Crippen LogP contribution in [0.5, 0.6) is 0 Å². The van der Waals surface area contributed by atoms with Gasteiger partial charge in [-0.2, -0.15) is 0 Å². The lowest BCUT2D eigenvalue weighted by atomic mass is 9.83. The summed E-state index contributed by atoms with van der Waals surface area (Å²) in [7, 11) is 0. The average Bonchev–Trinajstić information content (AvgIpc) is 2.37. The van der Waals surface area contributed by atoms with Gasteiger partial charge in [0.2, 0.25) is 0 Å². The first-order valence-corrected chi connectivity index (χ1v) is 8.34. The molecule has 118 valence electrons. The standard InChI is InChI=1S/C18H29ClN2/c1-12(2)15-10-20-16(18(4,5)6)11-21(15)17-13(3)8-7-9-14(17)19/h7-9,12,15-16,20H,10-11H2,1-6H3. The molecule has 0 aromatic heterocycles. The van der Waals surface area contributed by atoms with Crippen molar-refractivity contribution in [3.8, 4) is 0 Å². The zero-order valence-electron chi connectivity index (χ0n) is 14.2. The molecule has 1 heterocycles. The van der Waals surface area contributed by atoms with Gasteiger partial charge in [-0.1, -0.05) is 58.4 Å². The highest BCUT2D eigenvalue weighted by molar-refractivity contribution is 6.33. The Morgan fingerprint density at radius 2 is 1.95 bits per heavy atom. The second-order valence-electron chi connectivity index (χ2n) is 7.70. The van der Waals surface area contributed by atoms with Gasteiger partial charge in [0.1, 0.15) is 0 Å². The molecule has 0 radical (unpaired) electrons. The maximum atomic E-state index is 6.53. The smallest absolute Gasteiger partial charge is 0.0642 e. The summed E-state index contributed by atoms with van der Waals surface area (Å²) in [6.07, 6.45) is 0. The Balaban J connectivity index is 2.39. The van der Waals surface area contributed by atoms with Crippen molar-refractivity contribution >= 4 is 17.3 Å². The zero-order valence-corrected chi connectivity index (χ0v) is 15.0. The van der Waals surface area contributed by atoms with Gasteiger partial charge >= 0.3 is 0 Å². The number of nitrogens with one attached hydrogen (secondary N) is 1. The molecule has 0 spiro atoms. The molecular weight excluding hydrogens is 280 g/mol. The van der Waals surface area contributed by atoms with E-state index in [2.05, 4.69) is 57.8 Å². The predicted molar refractivity (Wildman–Crippen MR) is 93.4 cm³/mol. The number of hydrogen-bond donors (Lipinski definition) is 1. The molecule has 3 heteroatoms. The molecule has 0 bridgehead atoms. The van der Waals surface area contributed by atoms with Crippen LogP contribution in [0.2, 0.25) is 5.02 Å². The molecule has 0 amide bonds. The van der Waals surface area contributed by atoms with E-state index in [1.807, 2.05) is 12.1 Å². The van der Waals surface area contributed by atoms with Gasteiger partial charge in [0.25, 0.3) is 0 Å². The molecule has 1 aromatic rings. The van der Waals surface area contributed by atoms with Crippen LogP contribution in [0.4, 0.5) is 5.69 Å². The van der Waals surface area contributed by atoms with Gasteiger partial charge < -0.3 is 10.2 Å². The van der Waals surface area contributed by atoms with Crippen LogP contribution in [-0.4, -0.2) is 25.2 Å². The fourth-order valence-corrected chi connectivity index (χ4v) is 3.52. The Bertz CT molecular complexity index is 470. The zero-order chi connectivity index (χ0) is 15.8. The third-order valence-corrected chi connectivity index (χ3v) is 4.95. The quantitative estimate of drug-likeness (QED) is 0.865. The minimum absolute atomic E-state index is 0.245. The number of anilines is 1. The summed E-state index contributed by atoms with van der Waals surface area (Å²) >= 11 is 6.53. The summed E-state index contributed by atoms with van der Waals surface area (Å²) in [5, 5.41) is 4.61. The fraction of sp³-hybridized carbons (Fsp3) is 0.667. The van der Waals surface area contributed by atoms with Gasteiger partial charge in [-0.3, -0.25) is 0 Å². The molecule has 1 aliphatic heterocycles. The highest BCUT2D eigenvalue weighted by Gasteiger charge is 2.36. The lowest BCUT2D eigenvalue weighted by molar-refractivity contribution is 0.220. The van der Waals surface area contributed by atoms with E-state index in [9.17, 15) is 0 Å². The van der Waals surface area contributed by atoms with Crippen LogP contribution in [0.25, 0.3) is 0 Å². The number of nitrogens with zero attached hydrogens (tertiary/aromatic N) is 1. The Morgan fingerprint density at radius 3 is 2.48 bits per heavy atom. The number of piperazine rings is 1. The number of hydrogen-bond acceptors (Lipinski definition) is 2. The van der Waals surface area contributed by atoms with Crippen molar-refractivity contribution in [1.82, 2.24) is 5.32 Å². The molecule has 2 atom stereocenters. The molecule has 0 saturated carbocycles. The molecule has 1 aliphatic rings. The van der Waals surface area contributed by atoms with Crippen LogP contribution in [0.15, 0.2) is 18.2 Å². The number of benzene rings is 1.